The van der Waals surface area contributed by atoms with Gasteiger partial charge in [0.05, 0.1) is 16.4 Å². The number of amides is 1. The van der Waals surface area contributed by atoms with Crippen LogP contribution in [0.25, 0.3) is 0 Å². The van der Waals surface area contributed by atoms with Crippen LogP contribution in [0.15, 0.2) is 18.2 Å². The summed E-state index contributed by atoms with van der Waals surface area (Å²) in [6, 6.07) is 4.14. The minimum atomic E-state index is -3.12. The molecule has 8 nitrogen and oxygen atoms in total. The molecule has 1 aromatic carbocycles. The third-order valence-electron chi connectivity index (χ3n) is 4.24. The van der Waals surface area contributed by atoms with Crippen LogP contribution < -0.4 is 4.74 Å². The van der Waals surface area contributed by atoms with E-state index in [0.717, 1.165) is 0 Å². The van der Waals surface area contributed by atoms with Crippen molar-refractivity contribution in [2.24, 2.45) is 0 Å². The fraction of sp³-hybridized carbons (Fsp3) is 0.562. The van der Waals surface area contributed by atoms with Gasteiger partial charge in [-0.05, 0) is 38.8 Å². The number of hydrogen-bond acceptors (Lipinski definition) is 6. The molecule has 138 valence electrons. The van der Waals surface area contributed by atoms with Crippen LogP contribution in [0.4, 0.5) is 5.69 Å². The smallest absolute Gasteiger partial charge is 0.311 e. The molecule has 9 heteroatoms. The van der Waals surface area contributed by atoms with Crippen LogP contribution in [0.2, 0.25) is 0 Å². The molecule has 1 aliphatic rings. The Hall–Kier alpha value is -2.16. The van der Waals surface area contributed by atoms with Crippen LogP contribution >= 0.6 is 0 Å². The molecule has 1 saturated heterocycles. The number of hydrogen-bond donors (Lipinski definition) is 0. The van der Waals surface area contributed by atoms with Gasteiger partial charge in [0, 0.05) is 18.7 Å². The van der Waals surface area contributed by atoms with Gasteiger partial charge in [0.15, 0.2) is 21.7 Å². The maximum atomic E-state index is 12.7. The van der Waals surface area contributed by atoms with Gasteiger partial charge in [-0.15, -0.1) is 0 Å². The van der Waals surface area contributed by atoms with E-state index in [9.17, 15) is 23.3 Å². The number of carbonyl (C=O) groups is 1. The molecule has 1 aromatic rings. The number of ether oxygens (including phenoxy) is 1. The molecule has 0 aliphatic carbocycles. The number of benzene rings is 1. The SMILES string of the molecule is CCN(C(=O)[C@@H](C)Oc1ccc(C)cc1[N+](=O)[O-])[C@H]1CCS(=O)(=O)C1. The molecule has 0 saturated carbocycles. The lowest BCUT2D eigenvalue weighted by molar-refractivity contribution is -0.386. The van der Waals surface area contributed by atoms with Crippen molar-refractivity contribution in [3.8, 4) is 5.75 Å². The molecule has 0 spiro atoms. The van der Waals surface area contributed by atoms with Crippen molar-refractivity contribution in [1.29, 1.82) is 0 Å². The van der Waals surface area contributed by atoms with Crippen molar-refractivity contribution < 1.29 is 22.9 Å². The van der Waals surface area contributed by atoms with Gasteiger partial charge in [0.1, 0.15) is 0 Å². The number of nitro groups is 1. The molecular formula is C16H22N2O6S. The number of nitro benzene ring substituents is 1. The van der Waals surface area contributed by atoms with Crippen molar-refractivity contribution in [1.82, 2.24) is 4.90 Å². The molecule has 2 rings (SSSR count). The van der Waals surface area contributed by atoms with Crippen LogP contribution in [0.5, 0.6) is 5.75 Å². The van der Waals surface area contributed by atoms with Crippen LogP contribution in [0, 0.1) is 17.0 Å². The fourth-order valence-electron chi connectivity index (χ4n) is 2.96. The number of sulfone groups is 1. The lowest BCUT2D eigenvalue weighted by Crippen LogP contribution is -2.46. The van der Waals surface area contributed by atoms with Crippen molar-refractivity contribution in [3.05, 3.63) is 33.9 Å². The molecule has 0 unspecified atom stereocenters. The van der Waals surface area contributed by atoms with Gasteiger partial charge < -0.3 is 9.64 Å². The number of carbonyl (C=O) groups excluding carboxylic acids is 1. The van der Waals surface area contributed by atoms with Crippen molar-refractivity contribution >= 4 is 21.4 Å². The second-order valence-electron chi connectivity index (χ2n) is 6.17. The molecule has 2 atom stereocenters. The van der Waals surface area contributed by atoms with Gasteiger partial charge in [-0.1, -0.05) is 6.07 Å². The van der Waals surface area contributed by atoms with Gasteiger partial charge in [-0.3, -0.25) is 14.9 Å². The lowest BCUT2D eigenvalue weighted by Gasteiger charge is -2.29. The minimum Gasteiger partial charge on any atom is -0.474 e. The summed E-state index contributed by atoms with van der Waals surface area (Å²) in [4.78, 5) is 24.7. The van der Waals surface area contributed by atoms with E-state index in [1.807, 2.05) is 0 Å². The average Bonchev–Trinajstić information content (AvgIpc) is 2.89. The molecule has 25 heavy (non-hydrogen) atoms. The predicted molar refractivity (Wildman–Crippen MR) is 92.4 cm³/mol. The zero-order chi connectivity index (χ0) is 18.8. The largest absolute Gasteiger partial charge is 0.474 e. The molecule has 1 aliphatic heterocycles. The van der Waals surface area contributed by atoms with E-state index in [1.165, 1.54) is 24.0 Å². The number of rotatable bonds is 6. The molecular weight excluding hydrogens is 348 g/mol. The van der Waals surface area contributed by atoms with E-state index in [1.54, 1.807) is 19.9 Å². The van der Waals surface area contributed by atoms with Crippen molar-refractivity contribution in [2.75, 3.05) is 18.1 Å². The molecule has 0 N–H and O–H groups in total. The average molecular weight is 370 g/mol. The second-order valence-corrected chi connectivity index (χ2v) is 8.40. The summed E-state index contributed by atoms with van der Waals surface area (Å²) >= 11 is 0. The van der Waals surface area contributed by atoms with E-state index in [0.29, 0.717) is 18.5 Å². The van der Waals surface area contributed by atoms with E-state index in [4.69, 9.17) is 4.74 Å². The molecule has 0 aromatic heterocycles. The molecule has 1 heterocycles. The highest BCUT2D eigenvalue weighted by molar-refractivity contribution is 7.91. The number of nitrogens with zero attached hydrogens (tertiary/aromatic N) is 2. The maximum Gasteiger partial charge on any atom is 0.311 e. The summed E-state index contributed by atoms with van der Waals surface area (Å²) in [7, 11) is -3.12. The Morgan fingerprint density at radius 1 is 1.48 bits per heavy atom. The summed E-state index contributed by atoms with van der Waals surface area (Å²) in [6.07, 6.45) is -0.552. The summed E-state index contributed by atoms with van der Waals surface area (Å²) in [6.45, 7) is 5.36. The minimum absolute atomic E-state index is 0.0200. The van der Waals surface area contributed by atoms with Crippen LogP contribution in [-0.4, -0.2) is 54.3 Å². The first-order valence-corrected chi connectivity index (χ1v) is 9.89. The Balaban J connectivity index is 2.16. The summed E-state index contributed by atoms with van der Waals surface area (Å²) in [5.41, 5.74) is 0.510. The van der Waals surface area contributed by atoms with Crippen LogP contribution in [0.3, 0.4) is 0 Å². The first-order valence-electron chi connectivity index (χ1n) is 8.07. The summed E-state index contributed by atoms with van der Waals surface area (Å²) < 4.78 is 28.8. The summed E-state index contributed by atoms with van der Waals surface area (Å²) in [5, 5.41) is 11.2. The van der Waals surface area contributed by atoms with E-state index >= 15 is 0 Å². The summed E-state index contributed by atoms with van der Waals surface area (Å²) in [5.74, 6) is -0.338. The molecule has 1 amide bonds. The van der Waals surface area contributed by atoms with Gasteiger partial charge in [-0.2, -0.15) is 0 Å². The van der Waals surface area contributed by atoms with E-state index in [-0.39, 0.29) is 34.9 Å². The topological polar surface area (TPSA) is 107 Å². The fourth-order valence-corrected chi connectivity index (χ4v) is 4.69. The van der Waals surface area contributed by atoms with Crippen LogP contribution in [0.1, 0.15) is 25.8 Å². The number of aryl methyl sites for hydroxylation is 1. The monoisotopic (exact) mass is 370 g/mol. The second kappa shape index (κ2) is 7.38. The van der Waals surface area contributed by atoms with Crippen molar-refractivity contribution in [3.63, 3.8) is 0 Å². The highest BCUT2D eigenvalue weighted by Crippen LogP contribution is 2.29. The zero-order valence-electron chi connectivity index (χ0n) is 14.5. The first kappa shape index (κ1) is 19.2. The molecule has 1 fully saturated rings. The Bertz CT molecular complexity index is 777. The third-order valence-corrected chi connectivity index (χ3v) is 5.99. The highest BCUT2D eigenvalue weighted by Gasteiger charge is 2.36. The predicted octanol–water partition coefficient (Wildman–Crippen LogP) is 1.71. The maximum absolute atomic E-state index is 12.7. The Labute approximate surface area is 146 Å². The van der Waals surface area contributed by atoms with Gasteiger partial charge in [-0.25, -0.2) is 8.42 Å². The zero-order valence-corrected chi connectivity index (χ0v) is 15.3. The number of likely N-dealkylation sites (N-methyl/N-ethyl adjacent to an activating group) is 1. The Kier molecular flexibility index (Phi) is 5.66. The lowest BCUT2D eigenvalue weighted by atomic mass is 10.2. The molecule has 0 radical (unpaired) electrons. The van der Waals surface area contributed by atoms with Crippen LogP contribution in [-0.2, 0) is 14.6 Å². The highest BCUT2D eigenvalue weighted by atomic mass is 32.2. The first-order chi connectivity index (χ1) is 11.6. The Morgan fingerprint density at radius 2 is 2.16 bits per heavy atom. The third kappa shape index (κ3) is 4.47. The van der Waals surface area contributed by atoms with Crippen molar-refractivity contribution in [2.45, 2.75) is 39.3 Å². The van der Waals surface area contributed by atoms with Gasteiger partial charge in [0.2, 0.25) is 0 Å². The standard InChI is InChI=1S/C16H22N2O6S/c1-4-17(13-7-8-25(22,23)10-13)16(19)12(3)24-15-6-5-11(2)9-14(15)18(20)21/h5-6,9,12-13H,4,7-8,10H2,1-3H3/t12-,13+/m1/s1. The quantitative estimate of drug-likeness (QED) is 0.557. The molecule has 0 bridgehead atoms. The Morgan fingerprint density at radius 3 is 2.68 bits per heavy atom. The van der Waals surface area contributed by atoms with Gasteiger partial charge >= 0.3 is 5.69 Å². The normalized spacial score (nSPS) is 20.0. The van der Waals surface area contributed by atoms with Gasteiger partial charge in [0.25, 0.3) is 5.91 Å². The van der Waals surface area contributed by atoms with E-state index < -0.39 is 20.9 Å². The van der Waals surface area contributed by atoms with E-state index in [2.05, 4.69) is 0 Å².